The van der Waals surface area contributed by atoms with E-state index >= 15 is 0 Å². The Balaban J connectivity index is 2.22. The van der Waals surface area contributed by atoms with E-state index in [2.05, 4.69) is 22.1 Å². The van der Waals surface area contributed by atoms with E-state index in [1.807, 2.05) is 26.0 Å². The van der Waals surface area contributed by atoms with Crippen LogP contribution in [0.5, 0.6) is 0 Å². The molecule has 1 amide bonds. The van der Waals surface area contributed by atoms with Gasteiger partial charge in [-0.3, -0.25) is 9.78 Å². The Hall–Kier alpha value is -2.16. The first kappa shape index (κ1) is 14.3. The monoisotopic (exact) mass is 286 g/mol. The number of aromatic nitrogens is 1. The van der Waals surface area contributed by atoms with Gasteiger partial charge in [-0.15, -0.1) is 11.3 Å². The lowest BCUT2D eigenvalue weighted by atomic mass is 10.2. The molecular weight excluding hydrogens is 272 g/mol. The van der Waals surface area contributed by atoms with Crippen LogP contribution in [0.15, 0.2) is 23.6 Å². The number of hydrogen-bond acceptors (Lipinski definition) is 4. The summed E-state index contributed by atoms with van der Waals surface area (Å²) in [5.41, 5.74) is 3.00. The number of carbonyl (C=O) groups excluding carboxylic acids is 1. The van der Waals surface area contributed by atoms with Gasteiger partial charge in [-0.25, -0.2) is 0 Å². The first-order valence-electron chi connectivity index (χ1n) is 6.04. The van der Waals surface area contributed by atoms with E-state index in [1.165, 1.54) is 11.3 Å². The van der Waals surface area contributed by atoms with Crippen molar-refractivity contribution < 1.29 is 9.90 Å². The number of rotatable bonds is 2. The van der Waals surface area contributed by atoms with Gasteiger partial charge >= 0.3 is 0 Å². The number of amides is 1. The molecule has 0 unspecified atom stereocenters. The van der Waals surface area contributed by atoms with E-state index in [9.17, 15) is 4.79 Å². The first-order valence-corrected chi connectivity index (χ1v) is 6.92. The van der Waals surface area contributed by atoms with Gasteiger partial charge in [-0.05, 0) is 37.4 Å². The van der Waals surface area contributed by atoms with E-state index in [0.29, 0.717) is 16.1 Å². The summed E-state index contributed by atoms with van der Waals surface area (Å²) < 4.78 is 0. The molecule has 0 radical (unpaired) electrons. The maximum absolute atomic E-state index is 12.2. The Bertz CT molecular complexity index is 695. The molecule has 2 rings (SSSR count). The number of aryl methyl sites for hydroxylation is 2. The highest BCUT2D eigenvalue weighted by atomic mass is 32.1. The quantitative estimate of drug-likeness (QED) is 0.833. The van der Waals surface area contributed by atoms with E-state index < -0.39 is 0 Å². The molecule has 0 saturated heterocycles. The lowest BCUT2D eigenvalue weighted by molar-refractivity contribution is 0.103. The summed E-state index contributed by atoms with van der Waals surface area (Å²) in [6.07, 6.45) is 0. The molecule has 0 saturated carbocycles. The van der Waals surface area contributed by atoms with E-state index in [4.69, 9.17) is 5.11 Å². The maximum Gasteiger partial charge on any atom is 0.267 e. The van der Waals surface area contributed by atoms with Gasteiger partial charge in [0.25, 0.3) is 5.91 Å². The lowest BCUT2D eigenvalue weighted by Gasteiger charge is -2.07. The van der Waals surface area contributed by atoms with E-state index in [0.717, 1.165) is 11.4 Å². The second-order valence-electron chi connectivity index (χ2n) is 4.16. The smallest absolute Gasteiger partial charge is 0.267 e. The highest BCUT2D eigenvalue weighted by Crippen LogP contribution is 2.19. The number of hydrogen-bond donors (Lipinski definition) is 2. The third kappa shape index (κ3) is 3.23. The fraction of sp³-hybridized carbons (Fsp3) is 0.200. The van der Waals surface area contributed by atoms with Gasteiger partial charge in [-0.2, -0.15) is 0 Å². The van der Waals surface area contributed by atoms with Crippen molar-refractivity contribution in [3.05, 3.63) is 45.4 Å². The Morgan fingerprint density at radius 3 is 2.90 bits per heavy atom. The van der Waals surface area contributed by atoms with Crippen LogP contribution in [-0.4, -0.2) is 22.6 Å². The molecule has 2 aromatic heterocycles. The van der Waals surface area contributed by atoms with Crippen molar-refractivity contribution in [2.45, 2.75) is 13.8 Å². The minimum atomic E-state index is -0.224. The molecule has 0 aliphatic carbocycles. The van der Waals surface area contributed by atoms with Gasteiger partial charge in [0.15, 0.2) is 0 Å². The van der Waals surface area contributed by atoms with E-state index in [-0.39, 0.29) is 12.5 Å². The topological polar surface area (TPSA) is 62.2 Å². The van der Waals surface area contributed by atoms with Gasteiger partial charge in [-0.1, -0.05) is 11.8 Å². The number of pyridine rings is 1. The SMILES string of the molecule is Cc1ccc(NC(=O)c2sccc2C#CCO)c(C)n1. The Morgan fingerprint density at radius 1 is 1.40 bits per heavy atom. The minimum Gasteiger partial charge on any atom is -0.384 e. The first-order chi connectivity index (χ1) is 9.61. The van der Waals surface area contributed by atoms with Crippen LogP contribution < -0.4 is 5.32 Å². The molecule has 2 heterocycles. The summed E-state index contributed by atoms with van der Waals surface area (Å²) in [5.74, 6) is 5.10. The van der Waals surface area contributed by atoms with Gasteiger partial charge in [0.05, 0.1) is 11.4 Å². The average molecular weight is 286 g/mol. The van der Waals surface area contributed by atoms with Crippen LogP contribution in [0.4, 0.5) is 5.69 Å². The maximum atomic E-state index is 12.2. The molecule has 0 fully saturated rings. The number of anilines is 1. The number of nitrogens with zero attached hydrogens (tertiary/aromatic N) is 1. The number of nitrogens with one attached hydrogen (secondary N) is 1. The molecule has 0 bridgehead atoms. The van der Waals surface area contributed by atoms with Crippen LogP contribution in [0.3, 0.4) is 0 Å². The standard InChI is InChI=1S/C15H14N2O2S/c1-10-5-6-13(11(2)16-10)17-15(19)14-12(4-3-8-18)7-9-20-14/h5-7,9,18H,8H2,1-2H3,(H,17,19). The summed E-state index contributed by atoms with van der Waals surface area (Å²) in [6.45, 7) is 3.53. The fourth-order valence-electron chi connectivity index (χ4n) is 1.72. The van der Waals surface area contributed by atoms with Crippen molar-refractivity contribution in [3.63, 3.8) is 0 Å². The second kappa shape index (κ2) is 6.33. The molecule has 102 valence electrons. The van der Waals surface area contributed by atoms with Crippen LogP contribution >= 0.6 is 11.3 Å². The van der Waals surface area contributed by atoms with Gasteiger partial charge in [0.2, 0.25) is 0 Å². The number of aliphatic hydroxyl groups excluding tert-OH is 1. The third-order valence-electron chi connectivity index (χ3n) is 2.65. The van der Waals surface area contributed by atoms with E-state index in [1.54, 1.807) is 11.4 Å². The summed E-state index contributed by atoms with van der Waals surface area (Å²) in [4.78, 5) is 17.1. The van der Waals surface area contributed by atoms with Gasteiger partial charge < -0.3 is 10.4 Å². The normalized spacial score (nSPS) is 9.75. The fourth-order valence-corrected chi connectivity index (χ4v) is 2.46. The molecule has 0 atom stereocenters. The largest absolute Gasteiger partial charge is 0.384 e. The molecule has 2 N–H and O–H groups in total. The molecule has 5 heteroatoms. The summed E-state index contributed by atoms with van der Waals surface area (Å²) >= 11 is 1.32. The van der Waals surface area contributed by atoms with Crippen molar-refractivity contribution in [3.8, 4) is 11.8 Å². The van der Waals surface area contributed by atoms with Crippen LogP contribution in [0, 0.1) is 25.7 Å². The summed E-state index contributed by atoms with van der Waals surface area (Å²) in [5, 5.41) is 13.4. The summed E-state index contributed by atoms with van der Waals surface area (Å²) in [7, 11) is 0. The van der Waals surface area contributed by atoms with Crippen LogP contribution in [-0.2, 0) is 0 Å². The zero-order valence-electron chi connectivity index (χ0n) is 11.2. The van der Waals surface area contributed by atoms with Crippen LogP contribution in [0.25, 0.3) is 0 Å². The average Bonchev–Trinajstić information content (AvgIpc) is 2.88. The number of aliphatic hydroxyl groups is 1. The molecular formula is C15H14N2O2S. The van der Waals surface area contributed by atoms with Gasteiger partial charge in [0.1, 0.15) is 11.5 Å². The Morgan fingerprint density at radius 2 is 2.20 bits per heavy atom. The Kier molecular flexibility index (Phi) is 4.51. The molecule has 0 aliphatic heterocycles. The highest BCUT2D eigenvalue weighted by molar-refractivity contribution is 7.12. The Labute approximate surface area is 121 Å². The summed E-state index contributed by atoms with van der Waals surface area (Å²) in [6, 6.07) is 5.45. The van der Waals surface area contributed by atoms with Crippen molar-refractivity contribution in [2.75, 3.05) is 11.9 Å². The zero-order valence-corrected chi connectivity index (χ0v) is 12.0. The van der Waals surface area contributed by atoms with Gasteiger partial charge in [0, 0.05) is 11.3 Å². The molecule has 4 nitrogen and oxygen atoms in total. The van der Waals surface area contributed by atoms with Crippen LogP contribution in [0.1, 0.15) is 26.6 Å². The molecule has 20 heavy (non-hydrogen) atoms. The predicted octanol–water partition coefficient (Wildman–Crippen LogP) is 2.36. The van der Waals surface area contributed by atoms with Crippen molar-refractivity contribution in [1.82, 2.24) is 4.98 Å². The molecule has 2 aromatic rings. The second-order valence-corrected chi connectivity index (χ2v) is 5.08. The predicted molar refractivity (Wildman–Crippen MR) is 79.9 cm³/mol. The van der Waals surface area contributed by atoms with Crippen LogP contribution in [0.2, 0.25) is 0 Å². The minimum absolute atomic E-state index is 0.212. The molecule has 0 aliphatic rings. The lowest BCUT2D eigenvalue weighted by Crippen LogP contribution is -2.13. The van der Waals surface area contributed by atoms with Crippen molar-refractivity contribution in [1.29, 1.82) is 0 Å². The number of thiophene rings is 1. The zero-order chi connectivity index (χ0) is 14.5. The molecule has 0 spiro atoms. The highest BCUT2D eigenvalue weighted by Gasteiger charge is 2.13. The molecule has 0 aromatic carbocycles. The van der Waals surface area contributed by atoms with Crippen molar-refractivity contribution in [2.24, 2.45) is 0 Å². The number of carbonyl (C=O) groups is 1. The third-order valence-corrected chi connectivity index (χ3v) is 3.56. The van der Waals surface area contributed by atoms with Crippen molar-refractivity contribution >= 4 is 22.9 Å².